The van der Waals surface area contributed by atoms with E-state index < -0.39 is 5.82 Å². The Morgan fingerprint density at radius 1 is 1.19 bits per heavy atom. The summed E-state index contributed by atoms with van der Waals surface area (Å²) in [6.45, 7) is 5.43. The second-order valence-electron chi connectivity index (χ2n) is 5.10. The van der Waals surface area contributed by atoms with E-state index in [0.717, 1.165) is 11.4 Å². The zero-order chi connectivity index (χ0) is 15.2. The van der Waals surface area contributed by atoms with Gasteiger partial charge in [0.25, 0.3) is 0 Å². The molecule has 0 fully saturated rings. The van der Waals surface area contributed by atoms with Gasteiger partial charge in [0.1, 0.15) is 18.2 Å². The lowest BCUT2D eigenvalue weighted by atomic mass is 10.0. The third kappa shape index (κ3) is 4.36. The second-order valence-corrected chi connectivity index (χ2v) is 5.50. The minimum atomic E-state index is -0.413. The predicted octanol–water partition coefficient (Wildman–Crippen LogP) is 5.09. The largest absolute Gasteiger partial charge is 0.491 e. The van der Waals surface area contributed by atoms with Gasteiger partial charge in [0.15, 0.2) is 0 Å². The summed E-state index contributed by atoms with van der Waals surface area (Å²) in [5.41, 5.74) is 1.98. The highest BCUT2D eigenvalue weighted by Crippen LogP contribution is 2.25. The Labute approximate surface area is 129 Å². The van der Waals surface area contributed by atoms with Crippen molar-refractivity contribution in [3.05, 3.63) is 58.9 Å². The molecule has 0 aliphatic heterocycles. The van der Waals surface area contributed by atoms with Crippen molar-refractivity contribution in [3.63, 3.8) is 0 Å². The molecule has 0 radical (unpaired) electrons. The number of rotatable bonds is 6. The van der Waals surface area contributed by atoms with Gasteiger partial charge >= 0.3 is 0 Å². The first kappa shape index (κ1) is 15.6. The van der Waals surface area contributed by atoms with E-state index in [9.17, 15) is 4.39 Å². The number of hydrogen-bond donors (Lipinski definition) is 1. The van der Waals surface area contributed by atoms with E-state index in [2.05, 4.69) is 25.2 Å². The fraction of sp³-hybridized carbons (Fsp3) is 0.294. The minimum absolute atomic E-state index is 0.117. The Morgan fingerprint density at radius 3 is 2.67 bits per heavy atom. The fourth-order valence-electron chi connectivity index (χ4n) is 2.05. The number of anilines is 1. The summed E-state index contributed by atoms with van der Waals surface area (Å²) >= 11 is 5.73. The third-order valence-electron chi connectivity index (χ3n) is 3.15. The van der Waals surface area contributed by atoms with E-state index in [1.807, 2.05) is 18.2 Å². The van der Waals surface area contributed by atoms with Crippen LogP contribution in [0.15, 0.2) is 42.5 Å². The maximum atomic E-state index is 13.0. The van der Waals surface area contributed by atoms with Crippen molar-refractivity contribution in [2.75, 3.05) is 18.5 Å². The van der Waals surface area contributed by atoms with Crippen molar-refractivity contribution >= 4 is 17.3 Å². The standard InChI is InChI=1S/C17H19ClFNO/c1-12(2)14-5-3-4-6-17(14)21-10-9-20-13-7-8-16(19)15(18)11-13/h3-8,11-12,20H,9-10H2,1-2H3. The van der Waals surface area contributed by atoms with Crippen LogP contribution in [0.25, 0.3) is 0 Å². The summed E-state index contributed by atoms with van der Waals surface area (Å²) in [6, 6.07) is 12.6. The van der Waals surface area contributed by atoms with E-state index >= 15 is 0 Å². The summed E-state index contributed by atoms with van der Waals surface area (Å²) in [5, 5.41) is 3.27. The average molecular weight is 308 g/mol. The highest BCUT2D eigenvalue weighted by atomic mass is 35.5. The van der Waals surface area contributed by atoms with Crippen molar-refractivity contribution in [2.24, 2.45) is 0 Å². The summed E-state index contributed by atoms with van der Waals surface area (Å²) in [4.78, 5) is 0. The lowest BCUT2D eigenvalue weighted by molar-refractivity contribution is 0.328. The Kier molecular flexibility index (Phi) is 5.45. The van der Waals surface area contributed by atoms with Crippen LogP contribution < -0.4 is 10.1 Å². The number of nitrogens with one attached hydrogen (secondary N) is 1. The van der Waals surface area contributed by atoms with Crippen molar-refractivity contribution in [2.45, 2.75) is 19.8 Å². The molecule has 21 heavy (non-hydrogen) atoms. The van der Waals surface area contributed by atoms with E-state index in [4.69, 9.17) is 16.3 Å². The molecule has 2 rings (SSSR count). The molecule has 0 unspecified atom stereocenters. The van der Waals surface area contributed by atoms with Gasteiger partial charge in [-0.3, -0.25) is 0 Å². The summed E-state index contributed by atoms with van der Waals surface area (Å²) in [5.74, 6) is 0.917. The van der Waals surface area contributed by atoms with Crippen LogP contribution in [0.2, 0.25) is 5.02 Å². The van der Waals surface area contributed by atoms with Gasteiger partial charge in [0.2, 0.25) is 0 Å². The molecule has 0 bridgehead atoms. The van der Waals surface area contributed by atoms with Crippen molar-refractivity contribution < 1.29 is 9.13 Å². The van der Waals surface area contributed by atoms with E-state index in [1.165, 1.54) is 11.6 Å². The van der Waals surface area contributed by atoms with Gasteiger partial charge in [-0.25, -0.2) is 4.39 Å². The van der Waals surface area contributed by atoms with Crippen LogP contribution in [-0.2, 0) is 0 Å². The van der Waals surface area contributed by atoms with Gasteiger partial charge < -0.3 is 10.1 Å². The van der Waals surface area contributed by atoms with Crippen LogP contribution >= 0.6 is 11.6 Å². The zero-order valence-electron chi connectivity index (χ0n) is 12.2. The van der Waals surface area contributed by atoms with Gasteiger partial charge in [-0.1, -0.05) is 43.6 Å². The maximum absolute atomic E-state index is 13.0. The quantitative estimate of drug-likeness (QED) is 0.750. The fourth-order valence-corrected chi connectivity index (χ4v) is 2.23. The molecule has 0 atom stereocenters. The number of halogens is 2. The first-order valence-corrected chi connectivity index (χ1v) is 7.36. The molecule has 0 saturated heterocycles. The SMILES string of the molecule is CC(C)c1ccccc1OCCNc1ccc(F)c(Cl)c1. The smallest absolute Gasteiger partial charge is 0.141 e. The second kappa shape index (κ2) is 7.32. The molecular weight excluding hydrogens is 289 g/mol. The van der Waals surface area contributed by atoms with Gasteiger partial charge in [0.05, 0.1) is 5.02 Å². The molecule has 112 valence electrons. The van der Waals surface area contributed by atoms with E-state index in [0.29, 0.717) is 19.1 Å². The Balaban J connectivity index is 1.86. The van der Waals surface area contributed by atoms with Crippen molar-refractivity contribution in [1.29, 1.82) is 0 Å². The Hall–Kier alpha value is -1.74. The van der Waals surface area contributed by atoms with E-state index in [1.54, 1.807) is 12.1 Å². The predicted molar refractivity (Wildman–Crippen MR) is 85.9 cm³/mol. The first-order valence-electron chi connectivity index (χ1n) is 6.98. The number of para-hydroxylation sites is 1. The molecule has 0 saturated carbocycles. The molecule has 0 heterocycles. The molecule has 2 aromatic carbocycles. The monoisotopic (exact) mass is 307 g/mol. The van der Waals surface area contributed by atoms with Crippen LogP contribution in [0, 0.1) is 5.82 Å². The molecular formula is C17H19ClFNO. The van der Waals surface area contributed by atoms with Gasteiger partial charge in [-0.2, -0.15) is 0 Å². The Bertz CT molecular complexity index is 601. The van der Waals surface area contributed by atoms with E-state index in [-0.39, 0.29) is 5.02 Å². The van der Waals surface area contributed by atoms with Crippen LogP contribution in [0.4, 0.5) is 10.1 Å². The van der Waals surface area contributed by atoms with Crippen LogP contribution in [0.1, 0.15) is 25.3 Å². The molecule has 0 aliphatic rings. The first-order chi connectivity index (χ1) is 10.1. The normalized spacial score (nSPS) is 10.7. The van der Waals surface area contributed by atoms with Gasteiger partial charge in [-0.05, 0) is 35.7 Å². The maximum Gasteiger partial charge on any atom is 0.141 e. The molecule has 0 aliphatic carbocycles. The third-order valence-corrected chi connectivity index (χ3v) is 3.44. The summed E-state index contributed by atoms with van der Waals surface area (Å²) < 4.78 is 18.8. The van der Waals surface area contributed by atoms with Crippen LogP contribution in [0.5, 0.6) is 5.75 Å². The highest BCUT2D eigenvalue weighted by molar-refractivity contribution is 6.31. The molecule has 2 nitrogen and oxygen atoms in total. The average Bonchev–Trinajstić information content (AvgIpc) is 2.47. The van der Waals surface area contributed by atoms with Gasteiger partial charge in [0, 0.05) is 12.2 Å². The zero-order valence-corrected chi connectivity index (χ0v) is 13.0. The molecule has 1 N–H and O–H groups in total. The van der Waals surface area contributed by atoms with Crippen LogP contribution in [0.3, 0.4) is 0 Å². The number of hydrogen-bond acceptors (Lipinski definition) is 2. The number of benzene rings is 2. The summed E-state index contributed by atoms with van der Waals surface area (Å²) in [7, 11) is 0. The van der Waals surface area contributed by atoms with Crippen molar-refractivity contribution in [3.8, 4) is 5.75 Å². The number of ether oxygens (including phenoxy) is 1. The highest BCUT2D eigenvalue weighted by Gasteiger charge is 2.06. The molecule has 0 aromatic heterocycles. The lowest BCUT2D eigenvalue weighted by Crippen LogP contribution is -2.12. The van der Waals surface area contributed by atoms with Crippen LogP contribution in [-0.4, -0.2) is 13.2 Å². The minimum Gasteiger partial charge on any atom is -0.491 e. The lowest BCUT2D eigenvalue weighted by Gasteiger charge is -2.14. The Morgan fingerprint density at radius 2 is 1.95 bits per heavy atom. The van der Waals surface area contributed by atoms with Crippen molar-refractivity contribution in [1.82, 2.24) is 0 Å². The topological polar surface area (TPSA) is 21.3 Å². The van der Waals surface area contributed by atoms with Gasteiger partial charge in [-0.15, -0.1) is 0 Å². The molecule has 0 amide bonds. The molecule has 2 aromatic rings. The summed E-state index contributed by atoms with van der Waals surface area (Å²) in [6.07, 6.45) is 0. The molecule has 0 spiro atoms. The molecule has 4 heteroatoms.